The zero-order chi connectivity index (χ0) is 12.0. The second-order valence-electron chi connectivity index (χ2n) is 5.03. The first-order valence-electron chi connectivity index (χ1n) is 6.82. The van der Waals surface area contributed by atoms with Crippen LogP contribution in [0.2, 0.25) is 0 Å². The number of rotatable bonds is 6. The van der Waals surface area contributed by atoms with E-state index in [1.807, 2.05) is 6.08 Å². The molecule has 1 fully saturated rings. The highest BCUT2D eigenvalue weighted by Gasteiger charge is 2.28. The lowest BCUT2D eigenvalue weighted by molar-refractivity contribution is 0.0848. The molecule has 0 aromatic carbocycles. The fourth-order valence-corrected chi connectivity index (χ4v) is 2.73. The molecule has 1 saturated heterocycles. The van der Waals surface area contributed by atoms with Crippen LogP contribution in [0.15, 0.2) is 12.7 Å². The molecule has 94 valence electrons. The van der Waals surface area contributed by atoms with Crippen molar-refractivity contribution in [1.29, 1.82) is 0 Å². The molecule has 2 nitrogen and oxygen atoms in total. The number of piperazine rings is 1. The molecule has 0 spiro atoms. The van der Waals surface area contributed by atoms with Crippen LogP contribution in [-0.4, -0.2) is 36.1 Å². The quantitative estimate of drug-likeness (QED) is 0.698. The van der Waals surface area contributed by atoms with Crippen LogP contribution < -0.4 is 5.32 Å². The van der Waals surface area contributed by atoms with Gasteiger partial charge in [-0.15, -0.1) is 6.58 Å². The van der Waals surface area contributed by atoms with E-state index >= 15 is 0 Å². The molecule has 0 radical (unpaired) electrons. The molecule has 1 rings (SSSR count). The van der Waals surface area contributed by atoms with E-state index in [0.717, 1.165) is 13.0 Å². The van der Waals surface area contributed by atoms with Crippen molar-refractivity contribution in [3.05, 3.63) is 12.7 Å². The van der Waals surface area contributed by atoms with Crippen molar-refractivity contribution < 1.29 is 0 Å². The van der Waals surface area contributed by atoms with E-state index in [4.69, 9.17) is 0 Å². The van der Waals surface area contributed by atoms with E-state index in [1.54, 1.807) is 0 Å². The summed E-state index contributed by atoms with van der Waals surface area (Å²) in [7, 11) is 0. The lowest BCUT2D eigenvalue weighted by Gasteiger charge is -2.43. The van der Waals surface area contributed by atoms with Gasteiger partial charge < -0.3 is 5.32 Å². The van der Waals surface area contributed by atoms with Gasteiger partial charge >= 0.3 is 0 Å². The average Bonchev–Trinajstić information content (AvgIpc) is 2.30. The Hall–Kier alpha value is -0.340. The van der Waals surface area contributed by atoms with Crippen molar-refractivity contribution in [1.82, 2.24) is 10.2 Å². The first kappa shape index (κ1) is 13.7. The summed E-state index contributed by atoms with van der Waals surface area (Å²) in [5, 5.41) is 3.68. The van der Waals surface area contributed by atoms with Crippen LogP contribution in [0, 0.1) is 0 Å². The molecule has 0 aromatic rings. The molecule has 3 unspecified atom stereocenters. The van der Waals surface area contributed by atoms with Crippen molar-refractivity contribution in [2.45, 2.75) is 64.6 Å². The summed E-state index contributed by atoms with van der Waals surface area (Å²) < 4.78 is 0. The zero-order valence-electron chi connectivity index (χ0n) is 11.2. The van der Waals surface area contributed by atoms with Gasteiger partial charge in [0.2, 0.25) is 0 Å². The van der Waals surface area contributed by atoms with Gasteiger partial charge in [-0.3, -0.25) is 4.90 Å². The van der Waals surface area contributed by atoms with Gasteiger partial charge in [0, 0.05) is 31.2 Å². The molecule has 1 N–H and O–H groups in total. The SMILES string of the molecule is C=CCC(C)N1CC(CCC)NCC1CC. The minimum atomic E-state index is 0.643. The molecule has 16 heavy (non-hydrogen) atoms. The lowest BCUT2D eigenvalue weighted by Crippen LogP contribution is -2.58. The lowest BCUT2D eigenvalue weighted by atomic mass is 10.0. The Bertz CT molecular complexity index is 203. The highest BCUT2D eigenvalue weighted by atomic mass is 15.2. The maximum absolute atomic E-state index is 3.86. The molecular formula is C14H28N2. The van der Waals surface area contributed by atoms with Crippen molar-refractivity contribution in [2.24, 2.45) is 0 Å². The van der Waals surface area contributed by atoms with Crippen LogP contribution in [0.1, 0.15) is 46.5 Å². The van der Waals surface area contributed by atoms with E-state index < -0.39 is 0 Å². The fraction of sp³-hybridized carbons (Fsp3) is 0.857. The van der Waals surface area contributed by atoms with Gasteiger partial charge in [-0.05, 0) is 26.2 Å². The fourth-order valence-electron chi connectivity index (χ4n) is 2.73. The van der Waals surface area contributed by atoms with Gasteiger partial charge in [0.15, 0.2) is 0 Å². The molecule has 0 saturated carbocycles. The van der Waals surface area contributed by atoms with Crippen molar-refractivity contribution in [3.63, 3.8) is 0 Å². The van der Waals surface area contributed by atoms with Gasteiger partial charge in [0.1, 0.15) is 0 Å². The van der Waals surface area contributed by atoms with Crippen LogP contribution in [0.3, 0.4) is 0 Å². The van der Waals surface area contributed by atoms with Gasteiger partial charge in [0.25, 0.3) is 0 Å². The number of nitrogens with zero attached hydrogens (tertiary/aromatic N) is 1. The predicted molar refractivity (Wildman–Crippen MR) is 71.8 cm³/mol. The first-order chi connectivity index (χ1) is 7.72. The molecule has 1 aliphatic rings. The molecule has 1 heterocycles. The summed E-state index contributed by atoms with van der Waals surface area (Å²) in [5.74, 6) is 0. The van der Waals surface area contributed by atoms with Crippen LogP contribution >= 0.6 is 0 Å². The van der Waals surface area contributed by atoms with Gasteiger partial charge in [-0.1, -0.05) is 26.3 Å². The summed E-state index contributed by atoms with van der Waals surface area (Å²) in [5.41, 5.74) is 0. The van der Waals surface area contributed by atoms with E-state index in [-0.39, 0.29) is 0 Å². The van der Waals surface area contributed by atoms with E-state index in [0.29, 0.717) is 18.1 Å². The normalized spacial score (nSPS) is 28.9. The summed E-state index contributed by atoms with van der Waals surface area (Å²) in [6, 6.07) is 2.05. The topological polar surface area (TPSA) is 15.3 Å². The minimum Gasteiger partial charge on any atom is -0.311 e. The molecule has 2 heteroatoms. The summed E-state index contributed by atoms with van der Waals surface area (Å²) in [6.07, 6.45) is 6.98. The predicted octanol–water partition coefficient (Wildman–Crippen LogP) is 2.80. The van der Waals surface area contributed by atoms with E-state index in [9.17, 15) is 0 Å². The third-order valence-corrected chi connectivity index (χ3v) is 3.72. The Kier molecular flexibility index (Phi) is 6.07. The first-order valence-corrected chi connectivity index (χ1v) is 6.82. The van der Waals surface area contributed by atoms with Crippen molar-refractivity contribution in [3.8, 4) is 0 Å². The molecule has 0 amide bonds. The Balaban J connectivity index is 2.55. The molecule has 0 aromatic heterocycles. The molecule has 1 aliphatic heterocycles. The third kappa shape index (κ3) is 3.60. The zero-order valence-corrected chi connectivity index (χ0v) is 11.2. The molecule has 3 atom stereocenters. The Morgan fingerprint density at radius 3 is 2.81 bits per heavy atom. The van der Waals surface area contributed by atoms with Crippen molar-refractivity contribution >= 4 is 0 Å². The van der Waals surface area contributed by atoms with E-state index in [2.05, 4.69) is 37.6 Å². The molecular weight excluding hydrogens is 196 g/mol. The highest BCUT2D eigenvalue weighted by molar-refractivity contribution is 4.89. The Morgan fingerprint density at radius 1 is 1.50 bits per heavy atom. The van der Waals surface area contributed by atoms with Crippen LogP contribution in [0.4, 0.5) is 0 Å². The third-order valence-electron chi connectivity index (χ3n) is 3.72. The van der Waals surface area contributed by atoms with Crippen molar-refractivity contribution in [2.75, 3.05) is 13.1 Å². The van der Waals surface area contributed by atoms with Gasteiger partial charge in [0.05, 0.1) is 0 Å². The highest BCUT2D eigenvalue weighted by Crippen LogP contribution is 2.18. The number of nitrogens with one attached hydrogen (secondary N) is 1. The maximum Gasteiger partial charge on any atom is 0.0221 e. The smallest absolute Gasteiger partial charge is 0.0221 e. The molecule has 0 aliphatic carbocycles. The van der Waals surface area contributed by atoms with Crippen LogP contribution in [0.25, 0.3) is 0 Å². The number of hydrogen-bond donors (Lipinski definition) is 1. The van der Waals surface area contributed by atoms with Gasteiger partial charge in [-0.25, -0.2) is 0 Å². The van der Waals surface area contributed by atoms with E-state index in [1.165, 1.54) is 25.8 Å². The van der Waals surface area contributed by atoms with Crippen LogP contribution in [0.5, 0.6) is 0 Å². The largest absolute Gasteiger partial charge is 0.311 e. The molecule has 0 bridgehead atoms. The van der Waals surface area contributed by atoms with Gasteiger partial charge in [-0.2, -0.15) is 0 Å². The Labute approximate surface area is 101 Å². The standard InChI is InChI=1S/C14H28N2/c1-5-8-12(4)16-11-13(9-6-2)15-10-14(16)7-3/h5,12-15H,1,6-11H2,2-4H3. The summed E-state index contributed by atoms with van der Waals surface area (Å²) in [4.78, 5) is 2.68. The monoisotopic (exact) mass is 224 g/mol. The summed E-state index contributed by atoms with van der Waals surface area (Å²) >= 11 is 0. The second-order valence-corrected chi connectivity index (χ2v) is 5.03. The minimum absolute atomic E-state index is 0.643. The Morgan fingerprint density at radius 2 is 2.25 bits per heavy atom. The maximum atomic E-state index is 3.86. The summed E-state index contributed by atoms with van der Waals surface area (Å²) in [6.45, 7) is 13.1. The second kappa shape index (κ2) is 7.08. The number of hydrogen-bond acceptors (Lipinski definition) is 2. The average molecular weight is 224 g/mol. The van der Waals surface area contributed by atoms with Crippen LogP contribution in [-0.2, 0) is 0 Å².